The smallest absolute Gasteiger partial charge is 0.0716 e. The molecule has 1 nitrogen and oxygen atoms in total. The Balaban J connectivity index is 2.01. The Bertz CT molecular complexity index is 825. The molecule has 0 aliphatic carbocycles. The zero-order valence-corrected chi connectivity index (χ0v) is 20.3. The average molecular weight is 391 g/mol. The summed E-state index contributed by atoms with van der Waals surface area (Å²) in [7, 11) is 0. The zero-order chi connectivity index (χ0) is 21.8. The van der Waals surface area contributed by atoms with Crippen molar-refractivity contribution in [1.29, 1.82) is 0 Å². The Kier molecular flexibility index (Phi) is 5.22. The summed E-state index contributed by atoms with van der Waals surface area (Å²) in [5.41, 5.74) is 8.52. The number of rotatable bonds is 4. The van der Waals surface area contributed by atoms with Crippen LogP contribution in [0.15, 0.2) is 36.4 Å². The Hall–Kier alpha value is -1.76. The van der Waals surface area contributed by atoms with Gasteiger partial charge >= 0.3 is 0 Å². The summed E-state index contributed by atoms with van der Waals surface area (Å²) < 4.78 is 0. The van der Waals surface area contributed by atoms with Gasteiger partial charge in [0.1, 0.15) is 0 Å². The topological polar surface area (TPSA) is 14.1 Å². The normalized spacial score (nSPS) is 14.4. The van der Waals surface area contributed by atoms with E-state index in [0.29, 0.717) is 10.8 Å². The summed E-state index contributed by atoms with van der Waals surface area (Å²) in [4.78, 5) is 0. The summed E-state index contributed by atoms with van der Waals surface area (Å²) in [6.07, 6.45) is 2.31. The molecular weight excluding hydrogens is 350 g/mol. The van der Waals surface area contributed by atoms with Crippen molar-refractivity contribution in [3.63, 3.8) is 0 Å². The summed E-state index contributed by atoms with van der Waals surface area (Å²) in [5, 5.41) is 4.91. The minimum Gasteiger partial charge on any atom is -0.248 e. The molecule has 157 valence electrons. The maximum atomic E-state index is 4.91. The van der Waals surface area contributed by atoms with E-state index in [4.69, 9.17) is 5.32 Å². The fourth-order valence-corrected chi connectivity index (χ4v) is 5.53. The van der Waals surface area contributed by atoms with Crippen molar-refractivity contribution >= 4 is 11.4 Å². The molecule has 1 heterocycles. The molecule has 0 fully saturated rings. The molecule has 3 rings (SSSR count). The second kappa shape index (κ2) is 6.89. The van der Waals surface area contributed by atoms with Crippen LogP contribution in [0.1, 0.15) is 93.2 Å². The van der Waals surface area contributed by atoms with Gasteiger partial charge in [-0.2, -0.15) is 0 Å². The van der Waals surface area contributed by atoms with Gasteiger partial charge in [-0.05, 0) is 69.9 Å². The fourth-order valence-electron chi connectivity index (χ4n) is 5.53. The van der Waals surface area contributed by atoms with E-state index in [0.717, 1.165) is 24.2 Å². The van der Waals surface area contributed by atoms with E-state index in [2.05, 4.69) is 106 Å². The Morgan fingerprint density at radius 2 is 0.897 bits per heavy atom. The van der Waals surface area contributed by atoms with Crippen LogP contribution in [0.2, 0.25) is 0 Å². The molecule has 2 aromatic rings. The predicted octanol–water partition coefficient (Wildman–Crippen LogP) is 8.66. The highest BCUT2D eigenvalue weighted by Crippen LogP contribution is 2.48. The molecule has 0 amide bonds. The van der Waals surface area contributed by atoms with Crippen molar-refractivity contribution in [3.05, 3.63) is 47.5 Å². The van der Waals surface area contributed by atoms with Crippen LogP contribution in [0.3, 0.4) is 0 Å². The third kappa shape index (κ3) is 4.87. The molecule has 2 aromatic carbocycles. The first-order valence-corrected chi connectivity index (χ1v) is 11.1. The zero-order valence-electron chi connectivity index (χ0n) is 20.3. The SMILES string of the molecule is CC(C)(C)CC(C)(C)c1ccc2c(c1)-c1cc(C(C)(C)CC(C)(C)C)ccc1[N]2. The molecule has 0 aromatic heterocycles. The lowest BCUT2D eigenvalue weighted by Gasteiger charge is -2.33. The van der Waals surface area contributed by atoms with Crippen LogP contribution in [0.4, 0.5) is 11.4 Å². The molecule has 0 saturated carbocycles. The third-order valence-corrected chi connectivity index (χ3v) is 6.03. The molecule has 0 atom stereocenters. The van der Waals surface area contributed by atoms with E-state index < -0.39 is 0 Å². The maximum absolute atomic E-state index is 4.91. The summed E-state index contributed by atoms with van der Waals surface area (Å²) >= 11 is 0. The van der Waals surface area contributed by atoms with Gasteiger partial charge in [0.25, 0.3) is 0 Å². The van der Waals surface area contributed by atoms with Gasteiger partial charge in [-0.1, -0.05) is 81.4 Å². The van der Waals surface area contributed by atoms with Crippen LogP contribution in [0, 0.1) is 10.8 Å². The van der Waals surface area contributed by atoms with Crippen LogP contribution in [-0.4, -0.2) is 0 Å². The molecule has 0 N–H and O–H groups in total. The lowest BCUT2D eigenvalue weighted by atomic mass is 9.71. The predicted molar refractivity (Wildman–Crippen MR) is 128 cm³/mol. The standard InChI is InChI=1S/C28H40N/c1-25(2,3)17-27(7,8)19-11-13-23-21(15-19)22-16-20(12-14-24(22)29-23)28(9,10)18-26(4,5)6/h11-16H,17-18H2,1-10H3. The van der Waals surface area contributed by atoms with E-state index in [9.17, 15) is 0 Å². The summed E-state index contributed by atoms with van der Waals surface area (Å²) in [6.45, 7) is 23.5. The van der Waals surface area contributed by atoms with E-state index in [1.165, 1.54) is 22.3 Å². The van der Waals surface area contributed by atoms with Crippen LogP contribution >= 0.6 is 0 Å². The van der Waals surface area contributed by atoms with Gasteiger partial charge in [-0.3, -0.25) is 0 Å². The average Bonchev–Trinajstić information content (AvgIpc) is 2.87. The first-order valence-electron chi connectivity index (χ1n) is 11.1. The lowest BCUT2D eigenvalue weighted by Crippen LogP contribution is -2.25. The van der Waals surface area contributed by atoms with Crippen LogP contribution < -0.4 is 5.32 Å². The molecule has 1 radical (unpaired) electrons. The second-order valence-electron chi connectivity index (χ2n) is 12.8. The number of hydrogen-bond donors (Lipinski definition) is 0. The highest BCUT2D eigenvalue weighted by molar-refractivity contribution is 5.91. The molecular formula is C28H40N. The monoisotopic (exact) mass is 390 g/mol. The summed E-state index contributed by atoms with van der Waals surface area (Å²) in [6, 6.07) is 13.8. The quantitative estimate of drug-likeness (QED) is 0.423. The van der Waals surface area contributed by atoms with Gasteiger partial charge in [0.15, 0.2) is 0 Å². The third-order valence-electron chi connectivity index (χ3n) is 6.03. The molecule has 1 aliphatic heterocycles. The molecule has 0 unspecified atom stereocenters. The van der Waals surface area contributed by atoms with Gasteiger partial charge < -0.3 is 0 Å². The summed E-state index contributed by atoms with van der Waals surface area (Å²) in [5.74, 6) is 0. The number of benzene rings is 2. The van der Waals surface area contributed by atoms with Gasteiger partial charge in [0.05, 0.1) is 11.4 Å². The van der Waals surface area contributed by atoms with E-state index >= 15 is 0 Å². The second-order valence-corrected chi connectivity index (χ2v) is 12.8. The molecule has 29 heavy (non-hydrogen) atoms. The first-order chi connectivity index (χ1) is 13.1. The maximum Gasteiger partial charge on any atom is 0.0716 e. The molecule has 0 saturated heterocycles. The van der Waals surface area contributed by atoms with Crippen molar-refractivity contribution < 1.29 is 0 Å². The van der Waals surface area contributed by atoms with Gasteiger partial charge in [-0.15, -0.1) is 0 Å². The van der Waals surface area contributed by atoms with Crippen molar-refractivity contribution in [1.82, 2.24) is 5.32 Å². The minimum atomic E-state index is 0.138. The highest BCUT2D eigenvalue weighted by Gasteiger charge is 2.31. The molecule has 0 spiro atoms. The number of nitrogens with zero attached hydrogens (tertiary/aromatic N) is 1. The fraction of sp³-hybridized carbons (Fsp3) is 0.571. The lowest BCUT2D eigenvalue weighted by molar-refractivity contribution is 0.283. The van der Waals surface area contributed by atoms with Crippen molar-refractivity contribution in [3.8, 4) is 11.1 Å². The highest BCUT2D eigenvalue weighted by atomic mass is 14.9. The van der Waals surface area contributed by atoms with Gasteiger partial charge in [0, 0.05) is 11.1 Å². The molecule has 0 bridgehead atoms. The van der Waals surface area contributed by atoms with E-state index in [1.807, 2.05) is 0 Å². The Morgan fingerprint density at radius 3 is 1.21 bits per heavy atom. The van der Waals surface area contributed by atoms with Gasteiger partial charge in [-0.25, -0.2) is 5.32 Å². The Morgan fingerprint density at radius 1 is 0.552 bits per heavy atom. The molecule has 1 heteroatoms. The number of hydrogen-bond acceptors (Lipinski definition) is 0. The van der Waals surface area contributed by atoms with Crippen molar-refractivity contribution in [2.24, 2.45) is 10.8 Å². The van der Waals surface area contributed by atoms with Crippen molar-refractivity contribution in [2.45, 2.75) is 92.9 Å². The van der Waals surface area contributed by atoms with Crippen LogP contribution in [-0.2, 0) is 10.8 Å². The van der Waals surface area contributed by atoms with Crippen LogP contribution in [0.5, 0.6) is 0 Å². The van der Waals surface area contributed by atoms with E-state index in [1.54, 1.807) is 0 Å². The molecule has 1 aliphatic rings. The van der Waals surface area contributed by atoms with Crippen LogP contribution in [0.25, 0.3) is 11.1 Å². The number of fused-ring (bicyclic) bond motifs is 3. The van der Waals surface area contributed by atoms with Crippen molar-refractivity contribution in [2.75, 3.05) is 0 Å². The Labute approximate surface area is 179 Å². The largest absolute Gasteiger partial charge is 0.248 e. The van der Waals surface area contributed by atoms with Gasteiger partial charge in [0.2, 0.25) is 0 Å². The minimum absolute atomic E-state index is 0.138. The first kappa shape index (κ1) is 21.9. The van der Waals surface area contributed by atoms with E-state index in [-0.39, 0.29) is 10.8 Å².